The number of aryl methyl sites for hydroxylation is 1. The van der Waals surface area contributed by atoms with Crippen molar-refractivity contribution in [2.45, 2.75) is 32.1 Å². The zero-order chi connectivity index (χ0) is 21.4. The molecule has 4 rings (SSSR count). The predicted octanol–water partition coefficient (Wildman–Crippen LogP) is 3.69. The van der Waals surface area contributed by atoms with Crippen LogP contribution >= 0.6 is 11.6 Å². The quantitative estimate of drug-likeness (QED) is 0.780. The van der Waals surface area contributed by atoms with Crippen molar-refractivity contribution in [2.24, 2.45) is 5.73 Å². The highest BCUT2D eigenvalue weighted by atomic mass is 35.5. The van der Waals surface area contributed by atoms with Crippen molar-refractivity contribution in [3.63, 3.8) is 0 Å². The Kier molecular flexibility index (Phi) is 5.10. The van der Waals surface area contributed by atoms with Crippen LogP contribution in [0.4, 0.5) is 0 Å². The monoisotopic (exact) mass is 422 g/mol. The summed E-state index contributed by atoms with van der Waals surface area (Å²) >= 11 is 5.89. The highest BCUT2D eigenvalue weighted by Crippen LogP contribution is 2.44. The Bertz CT molecular complexity index is 1140. The Hall–Kier alpha value is -3.50. The molecule has 2 heterocycles. The van der Waals surface area contributed by atoms with Gasteiger partial charge in [0.1, 0.15) is 17.3 Å². The molecule has 1 aromatic carbocycles. The molecule has 0 saturated heterocycles. The second-order valence-corrected chi connectivity index (χ2v) is 7.65. The van der Waals surface area contributed by atoms with Crippen molar-refractivity contribution in [1.29, 1.82) is 5.26 Å². The molecule has 0 radical (unpaired) electrons. The fourth-order valence-electron chi connectivity index (χ4n) is 3.87. The summed E-state index contributed by atoms with van der Waals surface area (Å²) in [5.41, 5.74) is 10.6. The van der Waals surface area contributed by atoms with E-state index in [1.54, 1.807) is 43.3 Å². The number of nitriles is 1. The molecule has 8 heteroatoms. The first-order chi connectivity index (χ1) is 14.4. The number of allylic oxidation sites excluding steroid dienone is 3. The van der Waals surface area contributed by atoms with Crippen LogP contribution in [-0.2, 0) is 4.79 Å². The molecular weight excluding hydrogens is 404 g/mol. The van der Waals surface area contributed by atoms with Gasteiger partial charge in [-0.3, -0.25) is 15.0 Å². The minimum absolute atomic E-state index is 0.0762. The molecule has 0 spiro atoms. The van der Waals surface area contributed by atoms with Gasteiger partial charge < -0.3 is 10.2 Å². The third-order valence-corrected chi connectivity index (χ3v) is 5.53. The van der Waals surface area contributed by atoms with Crippen molar-refractivity contribution in [3.05, 3.63) is 81.2 Å². The maximum atomic E-state index is 12.9. The molecule has 2 aliphatic rings. The topological polar surface area (TPSA) is 112 Å². The number of benzene rings is 1. The summed E-state index contributed by atoms with van der Waals surface area (Å²) in [6.45, 7) is 1.79. The van der Waals surface area contributed by atoms with E-state index < -0.39 is 11.8 Å². The Morgan fingerprint density at radius 2 is 2.00 bits per heavy atom. The van der Waals surface area contributed by atoms with Crippen molar-refractivity contribution in [3.8, 4) is 6.07 Å². The van der Waals surface area contributed by atoms with Crippen molar-refractivity contribution >= 4 is 23.3 Å². The Morgan fingerprint density at radius 3 is 2.63 bits per heavy atom. The number of carbonyl (C=O) groups is 2. The summed E-state index contributed by atoms with van der Waals surface area (Å²) in [5, 5.41) is 11.7. The van der Waals surface area contributed by atoms with Crippen LogP contribution in [0.15, 0.2) is 63.5 Å². The average molecular weight is 423 g/mol. The molecule has 2 aromatic rings. The number of hydrazine groups is 1. The molecule has 1 atom stereocenters. The number of rotatable bonds is 3. The molecule has 1 aliphatic heterocycles. The lowest BCUT2D eigenvalue weighted by Crippen LogP contribution is -2.48. The van der Waals surface area contributed by atoms with Gasteiger partial charge in [0, 0.05) is 22.6 Å². The van der Waals surface area contributed by atoms with E-state index >= 15 is 0 Å². The van der Waals surface area contributed by atoms with Gasteiger partial charge in [-0.05, 0) is 56.2 Å². The molecule has 1 aliphatic carbocycles. The van der Waals surface area contributed by atoms with Crippen LogP contribution in [0.2, 0.25) is 5.02 Å². The molecule has 0 bridgehead atoms. The largest absolute Gasteiger partial charge is 0.465 e. The molecule has 0 saturated carbocycles. The van der Waals surface area contributed by atoms with Gasteiger partial charge in [-0.1, -0.05) is 11.6 Å². The zero-order valence-corrected chi connectivity index (χ0v) is 17.0. The van der Waals surface area contributed by atoms with Gasteiger partial charge in [0.05, 0.1) is 23.3 Å². The first kappa shape index (κ1) is 19.8. The van der Waals surface area contributed by atoms with Crippen LogP contribution in [0.25, 0.3) is 0 Å². The number of ketones is 1. The van der Waals surface area contributed by atoms with Crippen molar-refractivity contribution in [1.82, 2.24) is 10.4 Å². The van der Waals surface area contributed by atoms with Crippen molar-refractivity contribution < 1.29 is 14.0 Å². The van der Waals surface area contributed by atoms with Crippen molar-refractivity contribution in [2.75, 3.05) is 0 Å². The maximum absolute atomic E-state index is 12.9. The SMILES string of the molecule is Cc1ccc(C2C(C#N)=C(N)N(NC(=O)c3ccc(Cl)cc3)C3=C2C(=O)CCC3)o1. The van der Waals surface area contributed by atoms with E-state index in [-0.39, 0.29) is 17.2 Å². The minimum atomic E-state index is -0.685. The fourth-order valence-corrected chi connectivity index (χ4v) is 4.00. The molecule has 1 aromatic heterocycles. The Morgan fingerprint density at radius 1 is 1.27 bits per heavy atom. The summed E-state index contributed by atoms with van der Waals surface area (Å²) in [7, 11) is 0. The minimum Gasteiger partial charge on any atom is -0.465 e. The maximum Gasteiger partial charge on any atom is 0.270 e. The summed E-state index contributed by atoms with van der Waals surface area (Å²) in [6, 6.07) is 12.0. The number of hydrogen-bond donors (Lipinski definition) is 2. The molecule has 3 N–H and O–H groups in total. The number of Topliss-reactive ketones (excluding diaryl/α,β-unsaturated/α-hetero) is 1. The smallest absolute Gasteiger partial charge is 0.270 e. The van der Waals surface area contributed by atoms with Crippen LogP contribution in [-0.4, -0.2) is 16.7 Å². The fraction of sp³-hybridized carbons (Fsp3) is 0.227. The highest BCUT2D eigenvalue weighted by Gasteiger charge is 2.41. The van der Waals surface area contributed by atoms with E-state index in [0.29, 0.717) is 52.6 Å². The van der Waals surface area contributed by atoms with Crippen LogP contribution in [0.3, 0.4) is 0 Å². The number of nitrogens with one attached hydrogen (secondary N) is 1. The van der Waals surface area contributed by atoms with E-state index in [9.17, 15) is 14.9 Å². The number of hydrogen-bond acceptors (Lipinski definition) is 6. The number of amides is 1. The highest BCUT2D eigenvalue weighted by molar-refractivity contribution is 6.30. The van der Waals surface area contributed by atoms with Gasteiger partial charge in [-0.15, -0.1) is 0 Å². The summed E-state index contributed by atoms with van der Waals surface area (Å²) in [5.74, 6) is 0.0380. The molecule has 152 valence electrons. The summed E-state index contributed by atoms with van der Waals surface area (Å²) < 4.78 is 5.75. The summed E-state index contributed by atoms with van der Waals surface area (Å²) in [6.07, 6.45) is 1.54. The first-order valence-electron chi connectivity index (χ1n) is 9.49. The number of furan rings is 1. The third kappa shape index (κ3) is 3.36. The van der Waals surface area contributed by atoms with Crippen LogP contribution in [0.5, 0.6) is 0 Å². The molecule has 1 unspecified atom stereocenters. The second-order valence-electron chi connectivity index (χ2n) is 7.21. The van der Waals surface area contributed by atoms with E-state index in [1.165, 1.54) is 5.01 Å². The number of nitrogens with two attached hydrogens (primary N) is 1. The normalized spacial score (nSPS) is 18.9. The number of halogens is 1. The number of carbonyl (C=O) groups excluding carboxylic acids is 2. The van der Waals surface area contributed by atoms with Gasteiger partial charge in [0.15, 0.2) is 5.78 Å². The van der Waals surface area contributed by atoms with Gasteiger partial charge in [0.2, 0.25) is 0 Å². The van der Waals surface area contributed by atoms with Crippen LogP contribution in [0.1, 0.15) is 47.1 Å². The van der Waals surface area contributed by atoms with Gasteiger partial charge >= 0.3 is 0 Å². The lowest BCUT2D eigenvalue weighted by Gasteiger charge is -2.38. The van der Waals surface area contributed by atoms with Gasteiger partial charge in [0.25, 0.3) is 5.91 Å². The van der Waals surface area contributed by atoms with E-state index in [2.05, 4.69) is 11.5 Å². The zero-order valence-electron chi connectivity index (χ0n) is 16.2. The lowest BCUT2D eigenvalue weighted by atomic mass is 9.78. The second kappa shape index (κ2) is 7.73. The molecule has 7 nitrogen and oxygen atoms in total. The summed E-state index contributed by atoms with van der Waals surface area (Å²) in [4.78, 5) is 25.7. The Labute approximate surface area is 178 Å². The predicted molar refractivity (Wildman–Crippen MR) is 110 cm³/mol. The lowest BCUT2D eigenvalue weighted by molar-refractivity contribution is -0.116. The standard InChI is InChI=1S/C22H19ClN4O3/c1-12-5-10-18(30-12)19-15(11-24)21(25)27(16-3-2-4-17(28)20(16)19)26-22(29)13-6-8-14(23)9-7-13/h5-10,19H,2-4,25H2,1H3,(H,26,29). The Balaban J connectivity index is 1.79. The van der Waals surface area contributed by atoms with Gasteiger partial charge in [-0.2, -0.15) is 5.26 Å². The van der Waals surface area contributed by atoms with E-state index in [4.69, 9.17) is 21.8 Å². The van der Waals surface area contributed by atoms with Crippen LogP contribution < -0.4 is 11.2 Å². The molecular formula is C22H19ClN4O3. The molecule has 0 fully saturated rings. The van der Waals surface area contributed by atoms with E-state index in [0.717, 1.165) is 0 Å². The van der Waals surface area contributed by atoms with Crippen LogP contribution in [0, 0.1) is 18.3 Å². The third-order valence-electron chi connectivity index (χ3n) is 5.28. The molecule has 30 heavy (non-hydrogen) atoms. The van der Waals surface area contributed by atoms with E-state index in [1.807, 2.05) is 0 Å². The van der Waals surface area contributed by atoms with Gasteiger partial charge in [-0.25, -0.2) is 5.01 Å². The first-order valence-corrected chi connectivity index (χ1v) is 9.87. The number of nitrogens with zero attached hydrogens (tertiary/aromatic N) is 2. The molecule has 1 amide bonds. The average Bonchev–Trinajstić information content (AvgIpc) is 3.16.